The topological polar surface area (TPSA) is 80.1 Å². The summed E-state index contributed by atoms with van der Waals surface area (Å²) in [5.74, 6) is -0.661. The molecular weight excluding hydrogens is 610 g/mol. The predicted octanol–water partition coefficient (Wildman–Crippen LogP) is 7.99. The van der Waals surface area contributed by atoms with Gasteiger partial charge in [-0.15, -0.1) is 0 Å². The Labute approximate surface area is 255 Å². The molecule has 0 aliphatic heterocycles. The first-order chi connectivity index (χ1) is 19.7. The lowest BCUT2D eigenvalue weighted by Crippen LogP contribution is -2.38. The second-order valence-corrected chi connectivity index (χ2v) is 12.8. The molecule has 4 rings (SSSR count). The molecule has 2 amide bonds. The van der Waals surface area contributed by atoms with Crippen LogP contribution in [-0.4, -0.2) is 55.6 Å². The van der Waals surface area contributed by atoms with Gasteiger partial charge in [0, 0.05) is 36.0 Å². The Morgan fingerprint density at radius 1 is 1.10 bits per heavy atom. The molecule has 4 aromatic rings. The van der Waals surface area contributed by atoms with Crippen LogP contribution in [0.2, 0.25) is 10.0 Å². The number of pyridine rings is 1. The Kier molecular flexibility index (Phi) is 9.44. The van der Waals surface area contributed by atoms with E-state index in [1.807, 2.05) is 13.8 Å². The van der Waals surface area contributed by atoms with Crippen LogP contribution in [0, 0.1) is 0 Å². The van der Waals surface area contributed by atoms with E-state index >= 15 is 0 Å². The smallest absolute Gasteiger partial charge is 0.340 e. The van der Waals surface area contributed by atoms with Crippen molar-refractivity contribution in [3.8, 4) is 5.82 Å². The first-order valence-corrected chi connectivity index (χ1v) is 14.7. The molecule has 222 valence electrons. The second kappa shape index (κ2) is 12.5. The number of hydrogen-bond donors (Lipinski definition) is 1. The van der Waals surface area contributed by atoms with E-state index < -0.39 is 29.4 Å². The number of fused-ring (bicyclic) bond motifs is 1. The van der Waals surface area contributed by atoms with Crippen LogP contribution in [0.5, 0.6) is 0 Å². The van der Waals surface area contributed by atoms with E-state index in [-0.39, 0.29) is 31.9 Å². The molecule has 42 heavy (non-hydrogen) atoms. The van der Waals surface area contributed by atoms with Crippen LogP contribution in [-0.2, 0) is 6.18 Å². The van der Waals surface area contributed by atoms with E-state index in [9.17, 15) is 22.8 Å². The summed E-state index contributed by atoms with van der Waals surface area (Å²) in [4.78, 5) is 33.0. The first-order valence-electron chi connectivity index (χ1n) is 12.9. The molecule has 0 unspecified atom stereocenters. The summed E-state index contributed by atoms with van der Waals surface area (Å²) < 4.78 is 41.5. The zero-order valence-electron chi connectivity index (χ0n) is 23.2. The Hall–Kier alpha value is -3.28. The Balaban J connectivity index is 1.80. The molecule has 0 fully saturated rings. The van der Waals surface area contributed by atoms with Crippen LogP contribution in [0.15, 0.2) is 54.7 Å². The molecular formula is C29H28Cl2F3N5O2S. The quantitative estimate of drug-likeness (QED) is 0.201. The summed E-state index contributed by atoms with van der Waals surface area (Å²) in [5, 5.41) is 7.41. The fourth-order valence-electron chi connectivity index (χ4n) is 4.42. The molecule has 0 bridgehead atoms. The van der Waals surface area contributed by atoms with Gasteiger partial charge < -0.3 is 10.2 Å². The number of rotatable bonds is 9. The number of hydrogen-bond acceptors (Lipinski definition) is 5. The number of halogens is 5. The van der Waals surface area contributed by atoms with Crippen molar-refractivity contribution in [1.82, 2.24) is 19.7 Å². The third-order valence-electron chi connectivity index (χ3n) is 6.29. The minimum Gasteiger partial charge on any atom is -0.340 e. The minimum absolute atomic E-state index is 0.0202. The van der Waals surface area contributed by atoms with E-state index in [1.54, 1.807) is 54.0 Å². The van der Waals surface area contributed by atoms with Crippen molar-refractivity contribution < 1.29 is 22.8 Å². The van der Waals surface area contributed by atoms with Gasteiger partial charge in [0.25, 0.3) is 11.8 Å². The van der Waals surface area contributed by atoms with Gasteiger partial charge in [0.05, 0.1) is 21.3 Å². The zero-order valence-corrected chi connectivity index (χ0v) is 25.5. The Morgan fingerprint density at radius 2 is 1.81 bits per heavy atom. The van der Waals surface area contributed by atoms with Crippen molar-refractivity contribution in [1.29, 1.82) is 0 Å². The largest absolute Gasteiger partial charge is 0.435 e. The molecule has 13 heteroatoms. The number of anilines is 1. The van der Waals surface area contributed by atoms with Gasteiger partial charge in [-0.3, -0.25) is 9.59 Å². The summed E-state index contributed by atoms with van der Waals surface area (Å²) in [6.07, 6.45) is -2.56. The zero-order chi connectivity index (χ0) is 30.8. The molecule has 7 nitrogen and oxygen atoms in total. The second-order valence-electron chi connectivity index (χ2n) is 10.2. The van der Waals surface area contributed by atoms with Crippen molar-refractivity contribution in [2.45, 2.75) is 38.1 Å². The molecule has 0 saturated heterocycles. The first kappa shape index (κ1) is 31.7. The highest BCUT2D eigenvalue weighted by Crippen LogP contribution is 2.37. The summed E-state index contributed by atoms with van der Waals surface area (Å²) in [5.41, 5.74) is -1.77. The number of nitrogens with zero attached hydrogens (tertiary/aromatic N) is 4. The van der Waals surface area contributed by atoms with Gasteiger partial charge in [-0.1, -0.05) is 54.4 Å². The fraction of sp³-hybridized carbons (Fsp3) is 0.310. The van der Waals surface area contributed by atoms with E-state index in [1.165, 1.54) is 18.3 Å². The number of alkyl halides is 3. The van der Waals surface area contributed by atoms with Gasteiger partial charge in [0.15, 0.2) is 11.5 Å². The van der Waals surface area contributed by atoms with Crippen molar-refractivity contribution in [3.63, 3.8) is 0 Å². The van der Waals surface area contributed by atoms with Crippen molar-refractivity contribution in [2.24, 2.45) is 0 Å². The monoisotopic (exact) mass is 637 g/mol. The molecule has 2 aromatic heterocycles. The summed E-state index contributed by atoms with van der Waals surface area (Å²) in [7, 11) is 1.65. The molecule has 0 radical (unpaired) electrons. The number of amides is 2. The molecule has 0 atom stereocenters. The van der Waals surface area contributed by atoms with Crippen LogP contribution in [0.4, 0.5) is 18.9 Å². The summed E-state index contributed by atoms with van der Waals surface area (Å²) >= 11 is 14.7. The van der Waals surface area contributed by atoms with E-state index in [0.29, 0.717) is 23.4 Å². The number of carbonyl (C=O) groups is 2. The molecule has 0 aliphatic rings. The number of benzene rings is 2. The van der Waals surface area contributed by atoms with E-state index in [0.717, 1.165) is 16.9 Å². The van der Waals surface area contributed by atoms with Gasteiger partial charge in [0.1, 0.15) is 5.69 Å². The van der Waals surface area contributed by atoms with Gasteiger partial charge in [-0.05, 0) is 49.6 Å². The normalized spacial score (nSPS) is 12.0. The minimum atomic E-state index is -4.85. The fourth-order valence-corrected chi connectivity index (χ4v) is 5.98. The Morgan fingerprint density at radius 3 is 2.48 bits per heavy atom. The number of nitrogens with one attached hydrogen (secondary N) is 1. The van der Waals surface area contributed by atoms with Gasteiger partial charge in [-0.2, -0.15) is 30.0 Å². The van der Waals surface area contributed by atoms with E-state index in [2.05, 4.69) is 22.3 Å². The van der Waals surface area contributed by atoms with Gasteiger partial charge >= 0.3 is 6.18 Å². The number of thioether (sulfide) groups is 1. The highest BCUT2D eigenvalue weighted by molar-refractivity contribution is 8.00. The predicted molar refractivity (Wildman–Crippen MR) is 162 cm³/mol. The third kappa shape index (κ3) is 6.85. The van der Waals surface area contributed by atoms with Crippen LogP contribution in [0.1, 0.15) is 53.7 Å². The highest BCUT2D eigenvalue weighted by atomic mass is 35.5. The lowest BCUT2D eigenvalue weighted by atomic mass is 10.0. The Bertz CT molecular complexity index is 1640. The van der Waals surface area contributed by atoms with Crippen LogP contribution >= 0.6 is 35.0 Å². The number of aromatic nitrogens is 3. The maximum atomic E-state index is 13.8. The van der Waals surface area contributed by atoms with Gasteiger partial charge in [0.2, 0.25) is 0 Å². The average molecular weight is 639 g/mol. The summed E-state index contributed by atoms with van der Waals surface area (Å²) in [6, 6.07) is 12.1. The highest BCUT2D eigenvalue weighted by Gasteiger charge is 2.37. The van der Waals surface area contributed by atoms with Gasteiger partial charge in [-0.25, -0.2) is 9.67 Å². The van der Waals surface area contributed by atoms with Crippen LogP contribution < -0.4 is 5.32 Å². The summed E-state index contributed by atoms with van der Waals surface area (Å²) in [6.45, 7) is 6.55. The lowest BCUT2D eigenvalue weighted by molar-refractivity contribution is -0.141. The molecule has 1 N–H and O–H groups in total. The maximum absolute atomic E-state index is 13.8. The average Bonchev–Trinajstić information content (AvgIpc) is 3.39. The molecule has 0 aliphatic carbocycles. The molecule has 0 saturated carbocycles. The lowest BCUT2D eigenvalue weighted by Gasteiger charge is -2.30. The third-order valence-corrected chi connectivity index (χ3v) is 8.50. The maximum Gasteiger partial charge on any atom is 0.435 e. The van der Waals surface area contributed by atoms with Crippen LogP contribution in [0.25, 0.3) is 16.6 Å². The molecule has 2 heterocycles. The molecule has 2 aromatic carbocycles. The molecule has 0 spiro atoms. The standard InChI is InChI=1S/C29H28Cl2F3N5O2S/c1-5-13-42-28(2,3)16-38(4)27(41)19-14-17-9-6-7-10-18(17)23(31)24(19)36-26(40)21-15-22(29(32,33)34)37-39(21)25-20(30)11-8-12-35-25/h6-12,14-15H,5,13,16H2,1-4H3,(H,36,40). The van der Waals surface area contributed by atoms with Crippen LogP contribution in [0.3, 0.4) is 0 Å². The SMILES string of the molecule is CCCSC(C)(C)CN(C)C(=O)c1cc2ccccc2c(Cl)c1NC(=O)c1cc(C(F)(F)F)nn1-c1ncccc1Cl. The van der Waals surface area contributed by atoms with Crippen molar-refractivity contribution in [3.05, 3.63) is 81.7 Å². The van der Waals surface area contributed by atoms with Crippen molar-refractivity contribution >= 4 is 63.2 Å². The van der Waals surface area contributed by atoms with Crippen molar-refractivity contribution in [2.75, 3.05) is 24.7 Å². The number of carbonyl (C=O) groups excluding carboxylic acids is 2. The van der Waals surface area contributed by atoms with E-state index in [4.69, 9.17) is 23.2 Å².